The molecular formula is C28H32N2O2. The molecule has 0 aliphatic carbocycles. The van der Waals surface area contributed by atoms with Gasteiger partial charge in [0.05, 0.1) is 6.04 Å². The maximum absolute atomic E-state index is 13.2. The number of rotatable bonds is 6. The van der Waals surface area contributed by atoms with Gasteiger partial charge in [0.15, 0.2) is 0 Å². The molecule has 0 spiro atoms. The molecule has 1 aliphatic heterocycles. The van der Waals surface area contributed by atoms with Crippen LogP contribution in [0.5, 0.6) is 0 Å². The Hall–Kier alpha value is -3.14. The van der Waals surface area contributed by atoms with Crippen molar-refractivity contribution in [2.24, 2.45) is 11.8 Å². The summed E-state index contributed by atoms with van der Waals surface area (Å²) >= 11 is 0. The Labute approximate surface area is 190 Å². The van der Waals surface area contributed by atoms with Gasteiger partial charge >= 0.3 is 0 Å². The molecule has 0 bridgehead atoms. The monoisotopic (exact) mass is 428 g/mol. The average molecular weight is 429 g/mol. The van der Waals surface area contributed by atoms with Crippen LogP contribution in [-0.4, -0.2) is 29.8 Å². The predicted molar refractivity (Wildman–Crippen MR) is 129 cm³/mol. The number of nitrogens with zero attached hydrogens (tertiary/aromatic N) is 1. The van der Waals surface area contributed by atoms with Gasteiger partial charge < -0.3 is 10.2 Å². The second-order valence-electron chi connectivity index (χ2n) is 9.19. The first-order chi connectivity index (χ1) is 15.5. The van der Waals surface area contributed by atoms with Gasteiger partial charge in [-0.1, -0.05) is 80.6 Å². The smallest absolute Gasteiger partial charge is 0.254 e. The minimum absolute atomic E-state index is 0.0269. The van der Waals surface area contributed by atoms with Crippen LogP contribution in [0.3, 0.4) is 0 Å². The van der Waals surface area contributed by atoms with Gasteiger partial charge in [-0.3, -0.25) is 9.59 Å². The van der Waals surface area contributed by atoms with E-state index in [4.69, 9.17) is 0 Å². The third-order valence-electron chi connectivity index (χ3n) is 6.40. The summed E-state index contributed by atoms with van der Waals surface area (Å²) in [5.41, 5.74) is 1.89. The van der Waals surface area contributed by atoms with Gasteiger partial charge in [-0.05, 0) is 47.6 Å². The third kappa shape index (κ3) is 5.01. The van der Waals surface area contributed by atoms with E-state index in [0.29, 0.717) is 31.8 Å². The summed E-state index contributed by atoms with van der Waals surface area (Å²) in [7, 11) is 0. The molecule has 4 heteroatoms. The molecule has 1 N–H and O–H groups in total. The Morgan fingerprint density at radius 3 is 2.28 bits per heavy atom. The topological polar surface area (TPSA) is 49.4 Å². The number of carbonyl (C=O) groups is 2. The second-order valence-corrected chi connectivity index (χ2v) is 9.19. The summed E-state index contributed by atoms with van der Waals surface area (Å²) in [6.07, 6.45) is 2.31. The van der Waals surface area contributed by atoms with Crippen molar-refractivity contribution < 1.29 is 9.59 Å². The molecule has 0 unspecified atom stereocenters. The van der Waals surface area contributed by atoms with E-state index in [9.17, 15) is 9.59 Å². The summed E-state index contributed by atoms with van der Waals surface area (Å²) in [6, 6.07) is 24.1. The number of benzene rings is 3. The van der Waals surface area contributed by atoms with E-state index in [-0.39, 0.29) is 23.8 Å². The first kappa shape index (κ1) is 22.1. The molecule has 1 fully saturated rings. The van der Waals surface area contributed by atoms with Crippen molar-refractivity contribution in [3.05, 3.63) is 83.9 Å². The van der Waals surface area contributed by atoms with E-state index in [1.54, 1.807) is 0 Å². The van der Waals surface area contributed by atoms with Crippen molar-refractivity contribution >= 4 is 22.6 Å². The van der Waals surface area contributed by atoms with E-state index < -0.39 is 0 Å². The summed E-state index contributed by atoms with van der Waals surface area (Å²) in [5.74, 6) is 0.602. The molecule has 1 heterocycles. The fraction of sp³-hybridized carbons (Fsp3) is 0.357. The molecule has 3 aromatic rings. The molecule has 2 amide bonds. The van der Waals surface area contributed by atoms with Crippen LogP contribution in [0.1, 0.15) is 55.1 Å². The van der Waals surface area contributed by atoms with Gasteiger partial charge in [-0.25, -0.2) is 0 Å². The van der Waals surface area contributed by atoms with E-state index in [1.165, 1.54) is 0 Å². The Bertz CT molecular complexity index is 1060. The molecule has 0 aromatic heterocycles. The number of carbonyl (C=O) groups excluding carboxylic acids is 2. The maximum Gasteiger partial charge on any atom is 0.254 e. The van der Waals surface area contributed by atoms with Crippen molar-refractivity contribution in [1.29, 1.82) is 0 Å². The van der Waals surface area contributed by atoms with Crippen molar-refractivity contribution in [3.8, 4) is 0 Å². The normalized spacial score (nSPS) is 15.7. The largest absolute Gasteiger partial charge is 0.349 e. The quantitative estimate of drug-likeness (QED) is 0.556. The summed E-state index contributed by atoms with van der Waals surface area (Å²) in [6.45, 7) is 5.58. The molecule has 4 rings (SSSR count). The number of hydrogen-bond donors (Lipinski definition) is 1. The minimum Gasteiger partial charge on any atom is -0.349 e. The highest BCUT2D eigenvalue weighted by Gasteiger charge is 2.29. The van der Waals surface area contributed by atoms with Gasteiger partial charge in [0.2, 0.25) is 5.91 Å². The number of amides is 2. The highest BCUT2D eigenvalue weighted by molar-refractivity contribution is 6.07. The van der Waals surface area contributed by atoms with Crippen LogP contribution in [0, 0.1) is 11.8 Å². The van der Waals surface area contributed by atoms with Crippen molar-refractivity contribution in [2.75, 3.05) is 13.1 Å². The summed E-state index contributed by atoms with van der Waals surface area (Å²) < 4.78 is 0. The van der Waals surface area contributed by atoms with Crippen LogP contribution in [-0.2, 0) is 4.79 Å². The van der Waals surface area contributed by atoms with Gasteiger partial charge in [0.1, 0.15) is 0 Å². The van der Waals surface area contributed by atoms with Gasteiger partial charge in [0, 0.05) is 24.6 Å². The summed E-state index contributed by atoms with van der Waals surface area (Å²) in [4.78, 5) is 28.2. The van der Waals surface area contributed by atoms with Crippen LogP contribution in [0.15, 0.2) is 72.8 Å². The number of hydrogen-bond acceptors (Lipinski definition) is 2. The van der Waals surface area contributed by atoms with Gasteiger partial charge in [-0.2, -0.15) is 0 Å². The Morgan fingerprint density at radius 1 is 0.906 bits per heavy atom. The zero-order chi connectivity index (χ0) is 22.5. The second kappa shape index (κ2) is 9.99. The van der Waals surface area contributed by atoms with E-state index >= 15 is 0 Å². The number of fused-ring (bicyclic) bond motifs is 1. The predicted octanol–water partition coefficient (Wildman–Crippen LogP) is 5.60. The lowest BCUT2D eigenvalue weighted by atomic mass is 9.92. The molecule has 32 heavy (non-hydrogen) atoms. The Morgan fingerprint density at radius 2 is 1.56 bits per heavy atom. The maximum atomic E-state index is 13.2. The first-order valence-corrected chi connectivity index (χ1v) is 11.7. The molecular weight excluding hydrogens is 396 g/mol. The number of nitrogens with one attached hydrogen (secondary N) is 1. The molecule has 1 atom stereocenters. The fourth-order valence-electron chi connectivity index (χ4n) is 4.65. The minimum atomic E-state index is -0.0510. The first-order valence-electron chi connectivity index (χ1n) is 11.7. The van der Waals surface area contributed by atoms with Crippen LogP contribution < -0.4 is 5.32 Å². The Balaban J connectivity index is 1.39. The van der Waals surface area contributed by atoms with E-state index in [2.05, 4.69) is 31.3 Å². The van der Waals surface area contributed by atoms with E-state index in [1.807, 2.05) is 65.6 Å². The van der Waals surface area contributed by atoms with Gasteiger partial charge in [-0.15, -0.1) is 0 Å². The number of likely N-dealkylation sites (tertiary alicyclic amines) is 1. The molecule has 166 valence electrons. The molecule has 1 saturated heterocycles. The highest BCUT2D eigenvalue weighted by atomic mass is 16.2. The van der Waals surface area contributed by atoms with Crippen LogP contribution >= 0.6 is 0 Å². The van der Waals surface area contributed by atoms with Crippen LogP contribution in [0.2, 0.25) is 0 Å². The van der Waals surface area contributed by atoms with Crippen molar-refractivity contribution in [2.45, 2.75) is 39.2 Å². The van der Waals surface area contributed by atoms with E-state index in [0.717, 1.165) is 28.3 Å². The molecule has 3 aromatic carbocycles. The van der Waals surface area contributed by atoms with Crippen molar-refractivity contribution in [3.63, 3.8) is 0 Å². The average Bonchev–Trinajstić information content (AvgIpc) is 2.83. The standard InChI is InChI=1S/C28H32N2O2/c1-20(2)19-26(22-10-4-3-5-11-22)29-27(31)23-15-17-30(18-16-23)28(32)25-14-8-12-21-9-6-7-13-24(21)25/h3-14,20,23,26H,15-19H2,1-2H3,(H,29,31)/t26-/m0/s1. The highest BCUT2D eigenvalue weighted by Crippen LogP contribution is 2.26. The van der Waals surface area contributed by atoms with Crippen LogP contribution in [0.4, 0.5) is 0 Å². The van der Waals surface area contributed by atoms with Crippen molar-refractivity contribution in [1.82, 2.24) is 10.2 Å². The SMILES string of the molecule is CC(C)C[C@H](NC(=O)C1CCN(C(=O)c2cccc3ccccc23)CC1)c1ccccc1. The molecule has 1 aliphatic rings. The third-order valence-corrected chi connectivity index (χ3v) is 6.40. The zero-order valence-corrected chi connectivity index (χ0v) is 19.0. The van der Waals surface area contributed by atoms with Gasteiger partial charge in [0.25, 0.3) is 5.91 Å². The zero-order valence-electron chi connectivity index (χ0n) is 19.0. The molecule has 0 saturated carbocycles. The fourth-order valence-corrected chi connectivity index (χ4v) is 4.65. The lowest BCUT2D eigenvalue weighted by Gasteiger charge is -2.33. The Kier molecular flexibility index (Phi) is 6.89. The lowest BCUT2D eigenvalue weighted by Crippen LogP contribution is -2.43. The lowest BCUT2D eigenvalue weighted by molar-refractivity contribution is -0.127. The molecule has 4 nitrogen and oxygen atoms in total. The molecule has 0 radical (unpaired) electrons. The number of piperidine rings is 1. The van der Waals surface area contributed by atoms with Crippen LogP contribution in [0.25, 0.3) is 10.8 Å². The summed E-state index contributed by atoms with van der Waals surface area (Å²) in [5, 5.41) is 5.35.